The van der Waals surface area contributed by atoms with E-state index in [-0.39, 0.29) is 0 Å². The van der Waals surface area contributed by atoms with E-state index in [1.54, 1.807) is 0 Å². The molecular formula is C17H25N3. The summed E-state index contributed by atoms with van der Waals surface area (Å²) < 4.78 is 1.96. The van der Waals surface area contributed by atoms with E-state index in [9.17, 15) is 0 Å². The molecule has 1 aromatic heterocycles. The number of aryl methyl sites for hydroxylation is 1. The molecule has 0 radical (unpaired) electrons. The quantitative estimate of drug-likeness (QED) is 0.835. The normalized spacial score (nSPS) is 12.6. The molecule has 2 aromatic rings. The summed E-state index contributed by atoms with van der Waals surface area (Å²) in [5.41, 5.74) is 3.81. The average Bonchev–Trinajstić information content (AvgIpc) is 2.95. The van der Waals surface area contributed by atoms with Crippen molar-refractivity contribution in [2.45, 2.75) is 46.2 Å². The first-order chi connectivity index (χ1) is 9.72. The van der Waals surface area contributed by atoms with E-state index in [2.05, 4.69) is 61.6 Å². The minimum absolute atomic E-state index is 0.531. The van der Waals surface area contributed by atoms with Crippen molar-refractivity contribution < 1.29 is 0 Å². The molecular weight excluding hydrogens is 246 g/mol. The minimum atomic E-state index is 0.531. The summed E-state index contributed by atoms with van der Waals surface area (Å²) in [4.78, 5) is 0. The fourth-order valence-corrected chi connectivity index (χ4v) is 2.34. The van der Waals surface area contributed by atoms with Crippen molar-refractivity contribution in [2.24, 2.45) is 0 Å². The van der Waals surface area contributed by atoms with Crippen LogP contribution in [0.3, 0.4) is 0 Å². The van der Waals surface area contributed by atoms with E-state index in [0.29, 0.717) is 6.04 Å². The molecule has 1 N–H and O–H groups in total. The Morgan fingerprint density at radius 3 is 2.50 bits per heavy atom. The summed E-state index contributed by atoms with van der Waals surface area (Å²) in [7, 11) is 0. The maximum atomic E-state index is 4.32. The van der Waals surface area contributed by atoms with Gasteiger partial charge in [0.25, 0.3) is 0 Å². The predicted molar refractivity (Wildman–Crippen MR) is 84.8 cm³/mol. The van der Waals surface area contributed by atoms with Crippen molar-refractivity contribution in [3.05, 3.63) is 42.2 Å². The van der Waals surface area contributed by atoms with Gasteiger partial charge in [-0.3, -0.25) is 4.68 Å². The highest BCUT2D eigenvalue weighted by atomic mass is 15.3. The van der Waals surface area contributed by atoms with Crippen molar-refractivity contribution in [3.8, 4) is 11.1 Å². The van der Waals surface area contributed by atoms with Gasteiger partial charge in [0, 0.05) is 24.3 Å². The summed E-state index contributed by atoms with van der Waals surface area (Å²) in [6.45, 7) is 8.55. The third-order valence-electron chi connectivity index (χ3n) is 3.53. The molecule has 0 aliphatic rings. The monoisotopic (exact) mass is 271 g/mol. The molecule has 1 aromatic carbocycles. The van der Waals surface area contributed by atoms with Crippen LogP contribution in [-0.4, -0.2) is 22.4 Å². The third kappa shape index (κ3) is 3.94. The molecule has 0 saturated carbocycles. The second-order valence-electron chi connectivity index (χ2n) is 5.34. The Kier molecular flexibility index (Phi) is 5.36. The molecule has 0 aliphatic carbocycles. The molecule has 1 heterocycles. The first-order valence-electron chi connectivity index (χ1n) is 7.58. The summed E-state index contributed by atoms with van der Waals surface area (Å²) in [6, 6.07) is 9.37. The zero-order chi connectivity index (χ0) is 14.4. The predicted octanol–water partition coefficient (Wildman–Crippen LogP) is 3.50. The molecule has 1 atom stereocenters. The summed E-state index contributed by atoms with van der Waals surface area (Å²) >= 11 is 0. The van der Waals surface area contributed by atoms with E-state index >= 15 is 0 Å². The molecule has 2 rings (SSSR count). The first-order valence-corrected chi connectivity index (χ1v) is 7.58. The van der Waals surface area contributed by atoms with Gasteiger partial charge in [-0.25, -0.2) is 0 Å². The van der Waals surface area contributed by atoms with Gasteiger partial charge in [0.05, 0.1) is 6.20 Å². The number of hydrogen-bond donors (Lipinski definition) is 1. The van der Waals surface area contributed by atoms with Crippen LogP contribution in [0.4, 0.5) is 0 Å². The van der Waals surface area contributed by atoms with Crippen molar-refractivity contribution in [1.29, 1.82) is 0 Å². The summed E-state index contributed by atoms with van der Waals surface area (Å²) in [5, 5.41) is 7.85. The van der Waals surface area contributed by atoms with Crippen molar-refractivity contribution in [1.82, 2.24) is 15.1 Å². The molecule has 0 aliphatic heterocycles. The minimum Gasteiger partial charge on any atom is -0.314 e. The van der Waals surface area contributed by atoms with Crippen LogP contribution in [0.15, 0.2) is 36.7 Å². The molecule has 108 valence electrons. The SMILES string of the molecule is CCCNC(C)Cc1ccc(-c2cnn(CC)c2)cc1. The van der Waals surface area contributed by atoms with Crippen LogP contribution in [0.2, 0.25) is 0 Å². The molecule has 0 spiro atoms. The summed E-state index contributed by atoms with van der Waals surface area (Å²) in [5.74, 6) is 0. The van der Waals surface area contributed by atoms with Gasteiger partial charge in [0.2, 0.25) is 0 Å². The van der Waals surface area contributed by atoms with E-state index in [1.165, 1.54) is 23.1 Å². The van der Waals surface area contributed by atoms with Gasteiger partial charge in [0.1, 0.15) is 0 Å². The molecule has 3 heteroatoms. The second-order valence-corrected chi connectivity index (χ2v) is 5.34. The Labute approximate surface area is 122 Å². The summed E-state index contributed by atoms with van der Waals surface area (Å²) in [6.07, 6.45) is 6.30. The third-order valence-corrected chi connectivity index (χ3v) is 3.53. The van der Waals surface area contributed by atoms with Gasteiger partial charge in [-0.1, -0.05) is 31.2 Å². The topological polar surface area (TPSA) is 29.9 Å². The Balaban J connectivity index is 1.99. The zero-order valence-electron chi connectivity index (χ0n) is 12.8. The van der Waals surface area contributed by atoms with Crippen LogP contribution < -0.4 is 5.32 Å². The molecule has 3 nitrogen and oxygen atoms in total. The standard InChI is InChI=1S/C17H25N3/c1-4-10-18-14(3)11-15-6-8-16(9-7-15)17-12-19-20(5-2)13-17/h6-9,12-14,18H,4-5,10-11H2,1-3H3. The molecule has 0 amide bonds. The molecule has 1 unspecified atom stereocenters. The lowest BCUT2D eigenvalue weighted by Gasteiger charge is -2.13. The van der Waals surface area contributed by atoms with Gasteiger partial charge in [0.15, 0.2) is 0 Å². The number of aromatic nitrogens is 2. The molecule has 0 fully saturated rings. The van der Waals surface area contributed by atoms with Crippen molar-refractivity contribution in [3.63, 3.8) is 0 Å². The lowest BCUT2D eigenvalue weighted by molar-refractivity contribution is 0.543. The van der Waals surface area contributed by atoms with E-state index in [1.807, 2.05) is 10.9 Å². The van der Waals surface area contributed by atoms with Crippen LogP contribution >= 0.6 is 0 Å². The fraction of sp³-hybridized carbons (Fsp3) is 0.471. The zero-order valence-corrected chi connectivity index (χ0v) is 12.8. The Bertz CT molecular complexity index is 513. The van der Waals surface area contributed by atoms with E-state index in [4.69, 9.17) is 0 Å². The van der Waals surface area contributed by atoms with Crippen molar-refractivity contribution in [2.75, 3.05) is 6.54 Å². The van der Waals surface area contributed by atoms with Crippen molar-refractivity contribution >= 4 is 0 Å². The highest BCUT2D eigenvalue weighted by molar-refractivity contribution is 5.61. The highest BCUT2D eigenvalue weighted by Crippen LogP contribution is 2.19. The van der Waals surface area contributed by atoms with Crippen LogP contribution in [0, 0.1) is 0 Å². The fourth-order valence-electron chi connectivity index (χ4n) is 2.34. The van der Waals surface area contributed by atoms with E-state index in [0.717, 1.165) is 19.5 Å². The number of hydrogen-bond acceptors (Lipinski definition) is 2. The first kappa shape index (κ1) is 14.8. The number of nitrogens with one attached hydrogen (secondary N) is 1. The second kappa shape index (κ2) is 7.25. The Hall–Kier alpha value is -1.61. The lowest BCUT2D eigenvalue weighted by atomic mass is 10.0. The van der Waals surface area contributed by atoms with Crippen LogP contribution in [0.25, 0.3) is 11.1 Å². The van der Waals surface area contributed by atoms with Gasteiger partial charge >= 0.3 is 0 Å². The van der Waals surface area contributed by atoms with Gasteiger partial charge < -0.3 is 5.32 Å². The molecule has 0 saturated heterocycles. The smallest absolute Gasteiger partial charge is 0.0568 e. The Morgan fingerprint density at radius 1 is 1.15 bits per heavy atom. The lowest BCUT2D eigenvalue weighted by Crippen LogP contribution is -2.28. The highest BCUT2D eigenvalue weighted by Gasteiger charge is 2.04. The molecule has 0 bridgehead atoms. The van der Waals surface area contributed by atoms with E-state index < -0.39 is 0 Å². The molecule has 20 heavy (non-hydrogen) atoms. The maximum Gasteiger partial charge on any atom is 0.0568 e. The van der Waals surface area contributed by atoms with Gasteiger partial charge in [-0.15, -0.1) is 0 Å². The van der Waals surface area contributed by atoms with Crippen LogP contribution in [0.5, 0.6) is 0 Å². The number of rotatable bonds is 7. The number of nitrogens with zero attached hydrogens (tertiary/aromatic N) is 2. The van der Waals surface area contributed by atoms with Gasteiger partial charge in [-0.2, -0.15) is 5.10 Å². The largest absolute Gasteiger partial charge is 0.314 e. The maximum absolute atomic E-state index is 4.32. The van der Waals surface area contributed by atoms with Crippen LogP contribution in [-0.2, 0) is 13.0 Å². The van der Waals surface area contributed by atoms with Gasteiger partial charge in [-0.05, 0) is 44.4 Å². The Morgan fingerprint density at radius 2 is 1.90 bits per heavy atom. The van der Waals surface area contributed by atoms with Crippen LogP contribution in [0.1, 0.15) is 32.8 Å². The number of benzene rings is 1. The average molecular weight is 271 g/mol.